The summed E-state index contributed by atoms with van der Waals surface area (Å²) in [6, 6.07) is 0. The van der Waals surface area contributed by atoms with E-state index < -0.39 is 0 Å². The van der Waals surface area contributed by atoms with Crippen molar-refractivity contribution in [1.29, 1.82) is 0 Å². The van der Waals surface area contributed by atoms with Gasteiger partial charge in [0.2, 0.25) is 5.91 Å². The van der Waals surface area contributed by atoms with Crippen molar-refractivity contribution < 1.29 is 4.79 Å². The Bertz CT molecular complexity index is 624. The number of carbonyl (C=O) groups is 1. The molecule has 2 aromatic heterocycles. The number of aryl methyl sites for hydroxylation is 2. The van der Waals surface area contributed by atoms with Crippen LogP contribution in [0.2, 0.25) is 0 Å². The number of hydrogen-bond donors (Lipinski definition) is 0. The van der Waals surface area contributed by atoms with E-state index in [1.54, 1.807) is 22.3 Å². The molecular formula is C16H23N5OS. The number of thiazole rings is 1. The molecule has 1 aliphatic rings. The molecule has 0 aromatic carbocycles. The Morgan fingerprint density at radius 3 is 3.13 bits per heavy atom. The minimum atomic E-state index is 0.252. The van der Waals surface area contributed by atoms with Crippen molar-refractivity contribution in [2.24, 2.45) is 0 Å². The lowest BCUT2D eigenvalue weighted by molar-refractivity contribution is -0.132. The fourth-order valence-electron chi connectivity index (χ4n) is 2.98. The molecule has 2 aromatic rings. The Morgan fingerprint density at radius 2 is 2.39 bits per heavy atom. The molecule has 1 atom stereocenters. The number of rotatable bonds is 6. The first-order valence-corrected chi connectivity index (χ1v) is 9.18. The molecule has 0 spiro atoms. The molecule has 0 unspecified atom stereocenters. The summed E-state index contributed by atoms with van der Waals surface area (Å²) in [6.45, 7) is 4.57. The van der Waals surface area contributed by atoms with Crippen LogP contribution in [0.3, 0.4) is 0 Å². The van der Waals surface area contributed by atoms with E-state index in [1.807, 2.05) is 4.90 Å². The van der Waals surface area contributed by atoms with Gasteiger partial charge in [0.1, 0.15) is 12.7 Å². The van der Waals surface area contributed by atoms with Crippen LogP contribution in [0.25, 0.3) is 0 Å². The number of nitrogens with zero attached hydrogens (tertiary/aromatic N) is 5. The van der Waals surface area contributed by atoms with Crippen LogP contribution < -0.4 is 0 Å². The average molecular weight is 333 g/mol. The Kier molecular flexibility index (Phi) is 5.38. The zero-order chi connectivity index (χ0) is 16.1. The molecule has 0 aliphatic carbocycles. The molecule has 23 heavy (non-hydrogen) atoms. The number of hydrogen-bond acceptors (Lipinski definition) is 5. The van der Waals surface area contributed by atoms with Gasteiger partial charge in [-0.25, -0.2) is 9.97 Å². The SMILES string of the molecule is CCc1csc([C@@H]2CCCN(C(=O)CCCn3cncn3)C2)n1. The molecule has 3 heterocycles. The van der Waals surface area contributed by atoms with E-state index in [4.69, 9.17) is 4.98 Å². The largest absolute Gasteiger partial charge is 0.342 e. The van der Waals surface area contributed by atoms with Crippen LogP contribution in [0, 0.1) is 0 Å². The van der Waals surface area contributed by atoms with Crippen molar-refractivity contribution in [3.05, 3.63) is 28.7 Å². The summed E-state index contributed by atoms with van der Waals surface area (Å²) in [4.78, 5) is 23.1. The van der Waals surface area contributed by atoms with Gasteiger partial charge in [-0.3, -0.25) is 9.48 Å². The molecule has 7 heteroatoms. The van der Waals surface area contributed by atoms with Crippen LogP contribution in [0.4, 0.5) is 0 Å². The highest BCUT2D eigenvalue weighted by Gasteiger charge is 2.26. The molecular weight excluding hydrogens is 310 g/mol. The van der Waals surface area contributed by atoms with Gasteiger partial charge in [-0.2, -0.15) is 5.10 Å². The predicted octanol–water partition coefficient (Wildman–Crippen LogP) is 2.48. The van der Waals surface area contributed by atoms with E-state index in [0.717, 1.165) is 45.3 Å². The Morgan fingerprint density at radius 1 is 1.48 bits per heavy atom. The minimum Gasteiger partial charge on any atom is -0.342 e. The first-order valence-electron chi connectivity index (χ1n) is 8.30. The van der Waals surface area contributed by atoms with E-state index in [9.17, 15) is 4.79 Å². The fraction of sp³-hybridized carbons (Fsp3) is 0.625. The van der Waals surface area contributed by atoms with Crippen LogP contribution in [0.15, 0.2) is 18.0 Å². The maximum atomic E-state index is 12.4. The van der Waals surface area contributed by atoms with Gasteiger partial charge in [-0.1, -0.05) is 6.92 Å². The summed E-state index contributed by atoms with van der Waals surface area (Å²) in [7, 11) is 0. The summed E-state index contributed by atoms with van der Waals surface area (Å²) in [5.41, 5.74) is 1.17. The van der Waals surface area contributed by atoms with Gasteiger partial charge in [0.05, 0.1) is 10.7 Å². The Hall–Kier alpha value is -1.76. The highest BCUT2D eigenvalue weighted by molar-refractivity contribution is 7.09. The first kappa shape index (κ1) is 16.1. The van der Waals surface area contributed by atoms with Crippen molar-refractivity contribution in [1.82, 2.24) is 24.6 Å². The van der Waals surface area contributed by atoms with Crippen molar-refractivity contribution in [3.8, 4) is 0 Å². The third kappa shape index (κ3) is 4.16. The number of likely N-dealkylation sites (tertiary alicyclic amines) is 1. The first-order chi connectivity index (χ1) is 11.3. The number of piperidine rings is 1. The zero-order valence-electron chi connectivity index (χ0n) is 13.5. The van der Waals surface area contributed by atoms with Gasteiger partial charge in [0.15, 0.2) is 0 Å². The van der Waals surface area contributed by atoms with E-state index in [1.165, 1.54) is 17.0 Å². The molecule has 1 fully saturated rings. The van der Waals surface area contributed by atoms with E-state index in [-0.39, 0.29) is 5.91 Å². The standard InChI is InChI=1S/C16H23N5OS/c1-2-14-10-23-16(19-14)13-5-3-7-20(9-13)15(22)6-4-8-21-12-17-11-18-21/h10-13H,2-9H2,1H3/t13-/m1/s1. The maximum Gasteiger partial charge on any atom is 0.222 e. The zero-order valence-corrected chi connectivity index (χ0v) is 14.3. The quantitative estimate of drug-likeness (QED) is 0.815. The predicted molar refractivity (Wildman–Crippen MR) is 89.3 cm³/mol. The highest BCUT2D eigenvalue weighted by atomic mass is 32.1. The maximum absolute atomic E-state index is 12.4. The second kappa shape index (κ2) is 7.68. The summed E-state index contributed by atoms with van der Waals surface area (Å²) < 4.78 is 1.77. The molecule has 0 bridgehead atoms. The third-order valence-corrected chi connectivity index (χ3v) is 5.36. The van der Waals surface area contributed by atoms with Gasteiger partial charge in [-0.05, 0) is 25.7 Å². The van der Waals surface area contributed by atoms with E-state index in [0.29, 0.717) is 12.3 Å². The molecule has 6 nitrogen and oxygen atoms in total. The van der Waals surface area contributed by atoms with Crippen molar-refractivity contribution >= 4 is 17.2 Å². The van der Waals surface area contributed by atoms with Gasteiger partial charge in [-0.15, -0.1) is 11.3 Å². The van der Waals surface area contributed by atoms with Gasteiger partial charge >= 0.3 is 0 Å². The normalized spacial score (nSPS) is 18.3. The summed E-state index contributed by atoms with van der Waals surface area (Å²) >= 11 is 1.74. The smallest absolute Gasteiger partial charge is 0.222 e. The molecule has 0 radical (unpaired) electrons. The number of carbonyl (C=O) groups excluding carboxylic acids is 1. The Labute approximate surface area is 140 Å². The second-order valence-corrected chi connectivity index (χ2v) is 6.86. The second-order valence-electron chi connectivity index (χ2n) is 5.97. The average Bonchev–Trinajstić information content (AvgIpc) is 3.26. The Balaban J connectivity index is 1.50. The van der Waals surface area contributed by atoms with Crippen molar-refractivity contribution in [2.75, 3.05) is 13.1 Å². The lowest BCUT2D eigenvalue weighted by atomic mass is 9.98. The van der Waals surface area contributed by atoms with E-state index >= 15 is 0 Å². The van der Waals surface area contributed by atoms with Crippen LogP contribution in [0.1, 0.15) is 49.2 Å². The molecule has 1 aliphatic heterocycles. The highest BCUT2D eigenvalue weighted by Crippen LogP contribution is 2.29. The summed E-state index contributed by atoms with van der Waals surface area (Å²) in [6.07, 6.45) is 7.78. The van der Waals surface area contributed by atoms with Gasteiger partial charge < -0.3 is 4.90 Å². The molecule has 1 amide bonds. The van der Waals surface area contributed by atoms with E-state index in [2.05, 4.69) is 22.4 Å². The lowest BCUT2D eigenvalue weighted by Crippen LogP contribution is -2.39. The minimum absolute atomic E-state index is 0.252. The molecule has 1 saturated heterocycles. The number of aromatic nitrogens is 4. The van der Waals surface area contributed by atoms with Crippen molar-refractivity contribution in [3.63, 3.8) is 0 Å². The third-order valence-electron chi connectivity index (χ3n) is 4.30. The number of amides is 1. The summed E-state index contributed by atoms with van der Waals surface area (Å²) in [5.74, 6) is 0.662. The molecule has 124 valence electrons. The molecule has 0 N–H and O–H groups in total. The van der Waals surface area contributed by atoms with Gasteiger partial charge in [0, 0.05) is 37.4 Å². The molecule has 0 saturated carbocycles. The topological polar surface area (TPSA) is 63.9 Å². The van der Waals surface area contributed by atoms with Crippen LogP contribution >= 0.6 is 11.3 Å². The monoisotopic (exact) mass is 333 g/mol. The molecule has 3 rings (SSSR count). The van der Waals surface area contributed by atoms with Crippen LogP contribution in [-0.2, 0) is 17.8 Å². The fourth-order valence-corrected chi connectivity index (χ4v) is 4.01. The summed E-state index contributed by atoms with van der Waals surface area (Å²) in [5, 5.41) is 7.40. The van der Waals surface area contributed by atoms with Gasteiger partial charge in [0.25, 0.3) is 0 Å². The van der Waals surface area contributed by atoms with Crippen LogP contribution in [0.5, 0.6) is 0 Å². The van der Waals surface area contributed by atoms with Crippen molar-refractivity contribution in [2.45, 2.75) is 51.5 Å². The van der Waals surface area contributed by atoms with Crippen LogP contribution in [-0.4, -0.2) is 43.6 Å². The lowest BCUT2D eigenvalue weighted by Gasteiger charge is -2.32.